The van der Waals surface area contributed by atoms with Gasteiger partial charge in [0.2, 0.25) is 0 Å². The van der Waals surface area contributed by atoms with Gasteiger partial charge in [-0.25, -0.2) is 13.2 Å². The van der Waals surface area contributed by atoms with E-state index in [2.05, 4.69) is 4.90 Å². The molecule has 1 fully saturated rings. The van der Waals surface area contributed by atoms with Crippen molar-refractivity contribution in [1.82, 2.24) is 4.90 Å². The van der Waals surface area contributed by atoms with Crippen LogP contribution >= 0.6 is 0 Å². The fourth-order valence-electron chi connectivity index (χ4n) is 2.90. The molecule has 2 heterocycles. The minimum atomic E-state index is -2.86. The van der Waals surface area contributed by atoms with E-state index in [1.165, 1.54) is 7.11 Å². The van der Waals surface area contributed by atoms with Crippen LogP contribution in [-0.4, -0.2) is 58.0 Å². The van der Waals surface area contributed by atoms with E-state index < -0.39 is 9.84 Å². The first-order valence-electron chi connectivity index (χ1n) is 6.62. The highest BCUT2D eigenvalue weighted by Crippen LogP contribution is 2.32. The summed E-state index contributed by atoms with van der Waals surface area (Å²) in [4.78, 5) is 14.0. The number of carbonyl (C=O) groups excluding carboxylic acids is 1. The smallest absolute Gasteiger partial charge is 0.333 e. The fourth-order valence-corrected chi connectivity index (χ4v) is 4.39. The summed E-state index contributed by atoms with van der Waals surface area (Å²) in [5.41, 5.74) is 1.86. The lowest BCUT2D eigenvalue weighted by Gasteiger charge is -2.33. The van der Waals surface area contributed by atoms with Crippen molar-refractivity contribution in [3.8, 4) is 0 Å². The molecule has 2 aliphatic rings. The summed E-state index contributed by atoms with van der Waals surface area (Å²) < 4.78 is 27.8. The summed E-state index contributed by atoms with van der Waals surface area (Å²) in [6, 6.07) is 0. The summed E-state index contributed by atoms with van der Waals surface area (Å²) in [5, 5.41) is 0. The summed E-state index contributed by atoms with van der Waals surface area (Å²) in [6.45, 7) is 1.59. The van der Waals surface area contributed by atoms with Crippen molar-refractivity contribution in [3.63, 3.8) is 0 Å². The number of sulfone groups is 1. The van der Waals surface area contributed by atoms with Gasteiger partial charge in [-0.15, -0.1) is 0 Å². The van der Waals surface area contributed by atoms with Crippen LogP contribution in [0.3, 0.4) is 0 Å². The van der Waals surface area contributed by atoms with Gasteiger partial charge in [-0.2, -0.15) is 0 Å². The number of esters is 1. The van der Waals surface area contributed by atoms with Gasteiger partial charge in [0.25, 0.3) is 0 Å². The lowest BCUT2D eigenvalue weighted by molar-refractivity contribution is -0.136. The number of nitrogens with zero attached hydrogens (tertiary/aromatic N) is 1. The highest BCUT2D eigenvalue weighted by molar-refractivity contribution is 7.91. The van der Waals surface area contributed by atoms with Crippen LogP contribution in [0.5, 0.6) is 0 Å². The lowest BCUT2D eigenvalue weighted by Crippen LogP contribution is -2.35. The van der Waals surface area contributed by atoms with Crippen molar-refractivity contribution in [2.24, 2.45) is 5.92 Å². The van der Waals surface area contributed by atoms with Crippen LogP contribution in [-0.2, 0) is 19.4 Å². The molecule has 0 bridgehead atoms. The van der Waals surface area contributed by atoms with Crippen LogP contribution in [0.25, 0.3) is 0 Å². The van der Waals surface area contributed by atoms with Crippen LogP contribution in [0.1, 0.15) is 19.3 Å². The van der Waals surface area contributed by atoms with Gasteiger partial charge in [-0.1, -0.05) is 0 Å². The van der Waals surface area contributed by atoms with Crippen molar-refractivity contribution < 1.29 is 17.9 Å². The van der Waals surface area contributed by atoms with Crippen LogP contribution in [0.2, 0.25) is 0 Å². The highest BCUT2D eigenvalue weighted by Gasteiger charge is 2.31. The molecule has 0 N–H and O–H groups in total. The van der Waals surface area contributed by atoms with Crippen LogP contribution in [0.4, 0.5) is 0 Å². The molecule has 0 atom stereocenters. The van der Waals surface area contributed by atoms with Gasteiger partial charge in [0.1, 0.15) is 9.84 Å². The third-order valence-corrected chi connectivity index (χ3v) is 5.77. The van der Waals surface area contributed by atoms with Crippen LogP contribution in [0, 0.1) is 5.92 Å². The number of carbonyl (C=O) groups is 1. The summed E-state index contributed by atoms with van der Waals surface area (Å²) >= 11 is 0. The molecule has 0 radical (unpaired) electrons. The van der Waals surface area contributed by atoms with Crippen molar-refractivity contribution >= 4 is 15.8 Å². The van der Waals surface area contributed by atoms with E-state index in [9.17, 15) is 13.2 Å². The van der Waals surface area contributed by atoms with E-state index >= 15 is 0 Å². The molecule has 5 nitrogen and oxygen atoms in total. The van der Waals surface area contributed by atoms with E-state index in [0.717, 1.165) is 24.2 Å². The van der Waals surface area contributed by atoms with E-state index in [1.54, 1.807) is 0 Å². The largest absolute Gasteiger partial charge is 0.466 e. The molecule has 1 saturated heterocycles. The maximum Gasteiger partial charge on any atom is 0.333 e. The molecule has 0 spiro atoms. The molecular weight excluding hydrogens is 266 g/mol. The predicted octanol–water partition coefficient (Wildman–Crippen LogP) is 0.616. The summed E-state index contributed by atoms with van der Waals surface area (Å²) in [5.74, 6) is 0.426. The lowest BCUT2D eigenvalue weighted by atomic mass is 9.86. The van der Waals surface area contributed by atoms with E-state index in [0.29, 0.717) is 19.3 Å². The van der Waals surface area contributed by atoms with Gasteiger partial charge >= 0.3 is 5.97 Å². The van der Waals surface area contributed by atoms with Crippen molar-refractivity contribution in [2.75, 3.05) is 38.8 Å². The molecule has 0 unspecified atom stereocenters. The molecule has 0 aromatic carbocycles. The second-order valence-corrected chi connectivity index (χ2v) is 7.71. The fraction of sp³-hybridized carbons (Fsp3) is 0.769. The second-order valence-electron chi connectivity index (χ2n) is 5.41. The van der Waals surface area contributed by atoms with Gasteiger partial charge < -0.3 is 9.64 Å². The van der Waals surface area contributed by atoms with E-state index in [-0.39, 0.29) is 23.4 Å². The van der Waals surface area contributed by atoms with E-state index in [1.807, 2.05) is 7.05 Å². The Bertz CT molecular complexity index is 481. The topological polar surface area (TPSA) is 63.7 Å². The standard InChI is InChI=1S/C13H21NO4S/c1-14-6-3-11(13(15)18-2)12(9-14)10-4-7-19(16,17)8-5-10/h10H,3-9H2,1-2H3. The molecular formula is C13H21NO4S. The van der Waals surface area contributed by atoms with Crippen molar-refractivity contribution in [1.29, 1.82) is 0 Å². The second kappa shape index (κ2) is 5.63. The van der Waals surface area contributed by atoms with Crippen LogP contribution in [0.15, 0.2) is 11.1 Å². The Morgan fingerprint density at radius 2 is 1.95 bits per heavy atom. The Balaban J connectivity index is 2.22. The Labute approximate surface area is 114 Å². The third kappa shape index (κ3) is 3.36. The van der Waals surface area contributed by atoms with Crippen molar-refractivity contribution in [2.45, 2.75) is 19.3 Å². The minimum Gasteiger partial charge on any atom is -0.466 e. The third-order valence-electron chi connectivity index (χ3n) is 4.05. The zero-order chi connectivity index (χ0) is 14.0. The van der Waals surface area contributed by atoms with Gasteiger partial charge in [-0.05, 0) is 37.8 Å². The number of ether oxygens (including phenoxy) is 1. The molecule has 108 valence electrons. The first kappa shape index (κ1) is 14.5. The maximum absolute atomic E-state index is 11.8. The Kier molecular flexibility index (Phi) is 4.30. The Morgan fingerprint density at radius 1 is 1.32 bits per heavy atom. The molecule has 0 aromatic rings. The zero-order valence-electron chi connectivity index (χ0n) is 11.5. The predicted molar refractivity (Wildman–Crippen MR) is 72.5 cm³/mol. The van der Waals surface area contributed by atoms with Crippen molar-refractivity contribution in [3.05, 3.63) is 11.1 Å². The SMILES string of the molecule is COC(=O)C1=C(C2CCS(=O)(=O)CC2)CN(C)CC1. The zero-order valence-corrected chi connectivity index (χ0v) is 12.3. The van der Waals surface area contributed by atoms with Gasteiger partial charge in [-0.3, -0.25) is 0 Å². The molecule has 19 heavy (non-hydrogen) atoms. The number of likely N-dealkylation sites (N-methyl/N-ethyl adjacent to an activating group) is 1. The molecule has 0 saturated carbocycles. The number of methoxy groups -OCH3 is 1. The monoisotopic (exact) mass is 287 g/mol. The van der Waals surface area contributed by atoms with Crippen LogP contribution < -0.4 is 0 Å². The molecule has 6 heteroatoms. The minimum absolute atomic E-state index is 0.209. The summed E-state index contributed by atoms with van der Waals surface area (Å²) in [7, 11) is 0.557. The molecule has 0 aliphatic carbocycles. The quantitative estimate of drug-likeness (QED) is 0.697. The van der Waals surface area contributed by atoms with E-state index in [4.69, 9.17) is 4.74 Å². The number of rotatable bonds is 2. The van der Waals surface area contributed by atoms with Gasteiger partial charge in [0.05, 0.1) is 18.6 Å². The Hall–Kier alpha value is -0.880. The highest BCUT2D eigenvalue weighted by atomic mass is 32.2. The van der Waals surface area contributed by atoms with Gasteiger partial charge in [0.15, 0.2) is 0 Å². The first-order chi connectivity index (χ1) is 8.93. The average Bonchev–Trinajstić information content (AvgIpc) is 2.38. The molecule has 2 rings (SSSR count). The normalized spacial score (nSPS) is 25.4. The Morgan fingerprint density at radius 3 is 2.53 bits per heavy atom. The maximum atomic E-state index is 11.8. The van der Waals surface area contributed by atoms with Gasteiger partial charge in [0, 0.05) is 18.7 Å². The molecule has 2 aliphatic heterocycles. The number of hydrogen-bond acceptors (Lipinski definition) is 5. The number of hydrogen-bond donors (Lipinski definition) is 0. The average molecular weight is 287 g/mol. The molecule has 0 amide bonds. The summed E-state index contributed by atoms with van der Waals surface area (Å²) in [6.07, 6.45) is 1.96. The first-order valence-corrected chi connectivity index (χ1v) is 8.44. The molecule has 0 aromatic heterocycles.